The van der Waals surface area contributed by atoms with Crippen molar-refractivity contribution in [2.75, 3.05) is 0 Å². The van der Waals surface area contributed by atoms with E-state index in [9.17, 15) is 4.39 Å². The predicted octanol–water partition coefficient (Wildman–Crippen LogP) is 2.39. The van der Waals surface area contributed by atoms with Crippen molar-refractivity contribution >= 4 is 0 Å². The lowest BCUT2D eigenvalue weighted by Gasteiger charge is -2.01. The lowest BCUT2D eigenvalue weighted by molar-refractivity contribution is 0.645. The molecule has 0 bridgehead atoms. The van der Waals surface area contributed by atoms with Crippen molar-refractivity contribution < 1.29 is 4.39 Å². The van der Waals surface area contributed by atoms with Crippen molar-refractivity contribution in [3.05, 3.63) is 30.0 Å². The van der Waals surface area contributed by atoms with E-state index in [1.165, 1.54) is 6.08 Å². The van der Waals surface area contributed by atoms with Gasteiger partial charge in [0.25, 0.3) is 0 Å². The third kappa shape index (κ3) is 0.971. The molecule has 0 aliphatic heterocycles. The molecular weight excluding hydrogens is 103 g/mol. The predicted molar refractivity (Wildman–Crippen MR) is 31.9 cm³/mol. The fourth-order valence-corrected chi connectivity index (χ4v) is 0.645. The Hall–Kier alpha value is -0.590. The lowest BCUT2D eigenvalue weighted by Crippen LogP contribution is -1.84. The van der Waals surface area contributed by atoms with E-state index in [1.54, 1.807) is 6.92 Å². The molecule has 0 aromatic heterocycles. The third-order valence-corrected chi connectivity index (χ3v) is 1.20. The summed E-state index contributed by atoms with van der Waals surface area (Å²) in [4.78, 5) is 0. The van der Waals surface area contributed by atoms with Crippen LogP contribution in [-0.4, -0.2) is 0 Å². The molecule has 0 aromatic carbocycles. The molecule has 0 amide bonds. The molecule has 1 rings (SSSR count). The fraction of sp³-hybridized carbons (Fsp3) is 0.286. The van der Waals surface area contributed by atoms with Gasteiger partial charge in [-0.25, -0.2) is 4.39 Å². The van der Waals surface area contributed by atoms with E-state index in [2.05, 4.69) is 0 Å². The molecule has 0 saturated carbocycles. The molecular formula is C7H8F. The van der Waals surface area contributed by atoms with Crippen LogP contribution in [0.25, 0.3) is 0 Å². The van der Waals surface area contributed by atoms with Crippen LogP contribution in [0.4, 0.5) is 4.39 Å². The monoisotopic (exact) mass is 111 g/mol. The lowest BCUT2D eigenvalue weighted by atomic mass is 10.1. The first-order chi connectivity index (χ1) is 3.80. The van der Waals surface area contributed by atoms with Gasteiger partial charge in [-0.15, -0.1) is 0 Å². The molecule has 0 N–H and O–H groups in total. The van der Waals surface area contributed by atoms with Crippen LogP contribution in [-0.2, 0) is 0 Å². The molecule has 0 fully saturated rings. The van der Waals surface area contributed by atoms with E-state index in [0.29, 0.717) is 0 Å². The van der Waals surface area contributed by atoms with Gasteiger partial charge in [-0.05, 0) is 31.4 Å². The molecule has 8 heavy (non-hydrogen) atoms. The summed E-state index contributed by atoms with van der Waals surface area (Å²) in [5.41, 5.74) is 0.757. The molecule has 0 unspecified atom stereocenters. The van der Waals surface area contributed by atoms with Crippen LogP contribution in [0.15, 0.2) is 23.6 Å². The first-order valence-corrected chi connectivity index (χ1v) is 2.67. The molecule has 0 spiro atoms. The SMILES string of the molecule is CC1=CC[CH]C=C1F. The minimum absolute atomic E-state index is 0.101. The number of hydrogen-bond acceptors (Lipinski definition) is 0. The van der Waals surface area contributed by atoms with Crippen LogP contribution >= 0.6 is 0 Å². The average Bonchev–Trinajstić information content (AvgIpc) is 1.77. The summed E-state index contributed by atoms with van der Waals surface area (Å²) in [6, 6.07) is 0. The van der Waals surface area contributed by atoms with Gasteiger partial charge in [0.05, 0.1) is 0 Å². The zero-order chi connectivity index (χ0) is 5.98. The van der Waals surface area contributed by atoms with E-state index in [0.717, 1.165) is 12.0 Å². The highest BCUT2D eigenvalue weighted by Gasteiger charge is 2.00. The van der Waals surface area contributed by atoms with Gasteiger partial charge in [0, 0.05) is 0 Å². The maximum absolute atomic E-state index is 12.3. The Morgan fingerprint density at radius 2 is 2.38 bits per heavy atom. The Labute approximate surface area is 48.7 Å². The molecule has 0 heterocycles. The van der Waals surface area contributed by atoms with E-state index in [1.807, 2.05) is 12.5 Å². The van der Waals surface area contributed by atoms with Crippen molar-refractivity contribution in [1.82, 2.24) is 0 Å². The molecule has 0 aromatic rings. The number of halogens is 1. The maximum Gasteiger partial charge on any atom is 0.122 e. The quantitative estimate of drug-likeness (QED) is 0.450. The van der Waals surface area contributed by atoms with Gasteiger partial charge >= 0.3 is 0 Å². The molecule has 0 saturated heterocycles. The molecule has 1 aliphatic rings. The third-order valence-electron chi connectivity index (χ3n) is 1.20. The Bertz CT molecular complexity index is 124. The summed E-state index contributed by atoms with van der Waals surface area (Å²) in [5.74, 6) is -0.101. The Morgan fingerprint density at radius 3 is 2.75 bits per heavy atom. The normalized spacial score (nSPS) is 19.8. The van der Waals surface area contributed by atoms with Crippen molar-refractivity contribution in [3.63, 3.8) is 0 Å². The smallest absolute Gasteiger partial charge is 0.122 e. The summed E-state index contributed by atoms with van der Waals surface area (Å²) < 4.78 is 12.3. The van der Waals surface area contributed by atoms with Gasteiger partial charge in [0.2, 0.25) is 0 Å². The van der Waals surface area contributed by atoms with Crippen molar-refractivity contribution in [2.24, 2.45) is 0 Å². The largest absolute Gasteiger partial charge is 0.207 e. The zero-order valence-electron chi connectivity index (χ0n) is 4.82. The van der Waals surface area contributed by atoms with Gasteiger partial charge in [0.15, 0.2) is 0 Å². The second-order valence-corrected chi connectivity index (χ2v) is 1.87. The van der Waals surface area contributed by atoms with Crippen molar-refractivity contribution in [3.8, 4) is 0 Å². The zero-order valence-corrected chi connectivity index (χ0v) is 4.82. The van der Waals surface area contributed by atoms with Crippen LogP contribution in [0.3, 0.4) is 0 Å². The molecule has 0 nitrogen and oxygen atoms in total. The first-order valence-electron chi connectivity index (χ1n) is 2.67. The Balaban J connectivity index is 2.73. The standard InChI is InChI=1S/C7H8F/c1-6-4-2-3-5-7(6)8/h3-5H,2H2,1H3. The van der Waals surface area contributed by atoms with E-state index in [4.69, 9.17) is 0 Å². The molecule has 43 valence electrons. The molecule has 0 atom stereocenters. The number of allylic oxidation sites excluding steroid dienone is 4. The molecule has 1 aliphatic carbocycles. The highest BCUT2D eigenvalue weighted by Crippen LogP contribution is 2.17. The highest BCUT2D eigenvalue weighted by atomic mass is 19.1. The number of rotatable bonds is 0. The highest BCUT2D eigenvalue weighted by molar-refractivity contribution is 5.29. The minimum atomic E-state index is -0.101. The first kappa shape index (κ1) is 5.54. The van der Waals surface area contributed by atoms with Gasteiger partial charge in [0.1, 0.15) is 5.83 Å². The fourth-order valence-electron chi connectivity index (χ4n) is 0.645. The maximum atomic E-state index is 12.3. The van der Waals surface area contributed by atoms with Gasteiger partial charge < -0.3 is 0 Å². The van der Waals surface area contributed by atoms with Crippen molar-refractivity contribution in [2.45, 2.75) is 13.3 Å². The van der Waals surface area contributed by atoms with Gasteiger partial charge in [-0.1, -0.05) is 6.08 Å². The Kier molecular flexibility index (Phi) is 1.47. The van der Waals surface area contributed by atoms with E-state index < -0.39 is 0 Å². The molecule has 1 radical (unpaired) electrons. The van der Waals surface area contributed by atoms with Crippen LogP contribution in [0.2, 0.25) is 0 Å². The van der Waals surface area contributed by atoms with Crippen LogP contribution in [0, 0.1) is 6.42 Å². The van der Waals surface area contributed by atoms with Crippen LogP contribution < -0.4 is 0 Å². The summed E-state index contributed by atoms with van der Waals surface area (Å²) in [7, 11) is 0. The second kappa shape index (κ2) is 2.12. The summed E-state index contributed by atoms with van der Waals surface area (Å²) in [6.07, 6.45) is 6.06. The number of hydrogen-bond donors (Lipinski definition) is 0. The van der Waals surface area contributed by atoms with Gasteiger partial charge in [-0.2, -0.15) is 0 Å². The summed E-state index contributed by atoms with van der Waals surface area (Å²) >= 11 is 0. The summed E-state index contributed by atoms with van der Waals surface area (Å²) in [6.45, 7) is 1.78. The van der Waals surface area contributed by atoms with Gasteiger partial charge in [-0.3, -0.25) is 0 Å². The van der Waals surface area contributed by atoms with E-state index in [-0.39, 0.29) is 5.83 Å². The Morgan fingerprint density at radius 1 is 1.62 bits per heavy atom. The van der Waals surface area contributed by atoms with Crippen LogP contribution in [0.5, 0.6) is 0 Å². The van der Waals surface area contributed by atoms with E-state index >= 15 is 0 Å². The van der Waals surface area contributed by atoms with Crippen LogP contribution in [0.1, 0.15) is 13.3 Å². The topological polar surface area (TPSA) is 0 Å². The molecule has 1 heteroatoms. The summed E-state index contributed by atoms with van der Waals surface area (Å²) in [5, 5.41) is 0. The second-order valence-electron chi connectivity index (χ2n) is 1.87. The minimum Gasteiger partial charge on any atom is -0.207 e. The average molecular weight is 111 g/mol. The van der Waals surface area contributed by atoms with Crippen molar-refractivity contribution in [1.29, 1.82) is 0 Å².